The highest BCUT2D eigenvalue weighted by Gasteiger charge is 2.36. The van der Waals surface area contributed by atoms with Crippen molar-refractivity contribution in [1.82, 2.24) is 9.62 Å². The molecule has 1 aliphatic carbocycles. The number of hydrogen-bond donors (Lipinski definition) is 1. The summed E-state index contributed by atoms with van der Waals surface area (Å²) >= 11 is 1.20. The van der Waals surface area contributed by atoms with Crippen LogP contribution < -0.4 is 4.72 Å². The molecule has 7 heteroatoms. The summed E-state index contributed by atoms with van der Waals surface area (Å²) in [5.41, 5.74) is 0. The van der Waals surface area contributed by atoms with Gasteiger partial charge in [-0.3, -0.25) is 4.79 Å². The molecule has 0 spiro atoms. The second kappa shape index (κ2) is 6.68. The number of nitrogens with zero attached hydrogens (tertiary/aromatic N) is 1. The van der Waals surface area contributed by atoms with Crippen molar-refractivity contribution in [2.75, 3.05) is 6.54 Å². The van der Waals surface area contributed by atoms with Crippen LogP contribution in [-0.2, 0) is 14.8 Å². The van der Waals surface area contributed by atoms with Crippen LogP contribution in [0.25, 0.3) is 0 Å². The molecule has 1 atom stereocenters. The van der Waals surface area contributed by atoms with Gasteiger partial charge in [0.05, 0.1) is 0 Å². The van der Waals surface area contributed by atoms with Gasteiger partial charge in [-0.25, -0.2) is 13.1 Å². The zero-order valence-corrected chi connectivity index (χ0v) is 14.2. The van der Waals surface area contributed by atoms with E-state index >= 15 is 0 Å². The number of hydrogen-bond acceptors (Lipinski definition) is 4. The molecule has 1 unspecified atom stereocenters. The molecule has 3 rings (SSSR count). The average Bonchev–Trinajstić information content (AvgIpc) is 3.03. The SMILES string of the molecule is O=C1CC(NS(=O)(=O)c2cccs2)CN1C1CCCCCC1. The van der Waals surface area contributed by atoms with Crippen molar-refractivity contribution in [3.63, 3.8) is 0 Å². The molecule has 1 aliphatic heterocycles. The first-order valence-corrected chi connectivity index (χ1v) is 10.3. The van der Waals surface area contributed by atoms with Gasteiger partial charge < -0.3 is 4.90 Å². The van der Waals surface area contributed by atoms with Gasteiger partial charge in [0.15, 0.2) is 0 Å². The quantitative estimate of drug-likeness (QED) is 0.854. The summed E-state index contributed by atoms with van der Waals surface area (Å²) in [5, 5.41) is 1.74. The fourth-order valence-corrected chi connectivity index (χ4v) is 5.66. The smallest absolute Gasteiger partial charge is 0.250 e. The molecule has 1 aromatic rings. The Morgan fingerprint density at radius 1 is 1.18 bits per heavy atom. The zero-order chi connectivity index (χ0) is 15.6. The number of thiophene rings is 1. The summed E-state index contributed by atoms with van der Waals surface area (Å²) < 4.78 is 27.5. The van der Waals surface area contributed by atoms with Gasteiger partial charge in [-0.15, -0.1) is 11.3 Å². The van der Waals surface area contributed by atoms with Crippen molar-refractivity contribution in [3.05, 3.63) is 17.5 Å². The Bertz CT molecular complexity index is 605. The van der Waals surface area contributed by atoms with Crippen molar-refractivity contribution < 1.29 is 13.2 Å². The molecule has 22 heavy (non-hydrogen) atoms. The zero-order valence-electron chi connectivity index (χ0n) is 12.5. The van der Waals surface area contributed by atoms with E-state index in [1.165, 1.54) is 37.0 Å². The monoisotopic (exact) mass is 342 g/mol. The van der Waals surface area contributed by atoms with Crippen molar-refractivity contribution in [2.24, 2.45) is 0 Å². The van der Waals surface area contributed by atoms with Gasteiger partial charge in [-0.2, -0.15) is 0 Å². The summed E-state index contributed by atoms with van der Waals surface area (Å²) in [4.78, 5) is 14.2. The van der Waals surface area contributed by atoms with Crippen LogP contribution in [0.5, 0.6) is 0 Å². The normalized spacial score (nSPS) is 24.6. The molecular formula is C15H22N2O3S2. The van der Waals surface area contributed by atoms with Crippen LogP contribution in [0.4, 0.5) is 0 Å². The number of carbonyl (C=O) groups excluding carboxylic acids is 1. The molecule has 0 bridgehead atoms. The van der Waals surface area contributed by atoms with Gasteiger partial charge in [-0.05, 0) is 24.3 Å². The fraction of sp³-hybridized carbons (Fsp3) is 0.667. The van der Waals surface area contributed by atoms with E-state index in [0.29, 0.717) is 16.8 Å². The van der Waals surface area contributed by atoms with Crippen molar-refractivity contribution in [3.8, 4) is 0 Å². The number of nitrogens with one attached hydrogen (secondary N) is 1. The lowest BCUT2D eigenvalue weighted by Gasteiger charge is -2.27. The molecule has 5 nitrogen and oxygen atoms in total. The Morgan fingerprint density at radius 3 is 2.55 bits per heavy atom. The lowest BCUT2D eigenvalue weighted by atomic mass is 10.1. The summed E-state index contributed by atoms with van der Waals surface area (Å²) in [6, 6.07) is 3.30. The molecule has 122 valence electrons. The summed E-state index contributed by atoms with van der Waals surface area (Å²) in [6.45, 7) is 0.508. The van der Waals surface area contributed by atoms with Crippen molar-refractivity contribution in [1.29, 1.82) is 0 Å². The summed E-state index contributed by atoms with van der Waals surface area (Å²) in [5.74, 6) is 0.0887. The molecule has 0 radical (unpaired) electrons. The predicted molar refractivity (Wildman–Crippen MR) is 86.2 cm³/mol. The van der Waals surface area contributed by atoms with Crippen LogP contribution in [0.1, 0.15) is 44.9 Å². The highest BCUT2D eigenvalue weighted by Crippen LogP contribution is 2.26. The predicted octanol–water partition coefficient (Wildman–Crippen LogP) is 2.35. The molecule has 0 aromatic carbocycles. The lowest BCUT2D eigenvalue weighted by molar-refractivity contribution is -0.129. The Hall–Kier alpha value is -0.920. The third-order valence-corrected chi connectivity index (χ3v) is 7.42. The number of sulfonamides is 1. The Balaban J connectivity index is 1.64. The minimum absolute atomic E-state index is 0.0887. The van der Waals surface area contributed by atoms with E-state index in [1.807, 2.05) is 4.90 Å². The van der Waals surface area contributed by atoms with Gasteiger partial charge in [0.1, 0.15) is 4.21 Å². The minimum Gasteiger partial charge on any atom is -0.338 e. The van der Waals surface area contributed by atoms with E-state index in [1.54, 1.807) is 17.5 Å². The molecular weight excluding hydrogens is 320 g/mol. The topological polar surface area (TPSA) is 66.5 Å². The standard InChI is InChI=1S/C15H22N2O3S2/c18-14-10-12(16-22(19,20)15-8-5-9-21-15)11-17(14)13-6-3-1-2-4-7-13/h5,8-9,12-13,16H,1-4,6-7,10-11H2. The van der Waals surface area contributed by atoms with Crippen molar-refractivity contribution in [2.45, 2.75) is 61.2 Å². The third kappa shape index (κ3) is 3.52. The molecule has 2 fully saturated rings. The lowest BCUT2D eigenvalue weighted by Crippen LogP contribution is -2.40. The Labute approximate surface area is 135 Å². The number of likely N-dealkylation sites (tertiary alicyclic amines) is 1. The highest BCUT2D eigenvalue weighted by molar-refractivity contribution is 7.91. The van der Waals surface area contributed by atoms with Crippen LogP contribution in [0.15, 0.2) is 21.7 Å². The Morgan fingerprint density at radius 2 is 1.91 bits per heavy atom. The second-order valence-corrected chi connectivity index (χ2v) is 9.03. The first kappa shape index (κ1) is 16.0. The molecule has 2 aliphatic rings. The van der Waals surface area contributed by atoms with Crippen LogP contribution >= 0.6 is 11.3 Å². The summed E-state index contributed by atoms with van der Waals surface area (Å²) in [7, 11) is -3.50. The van der Waals surface area contributed by atoms with Crippen molar-refractivity contribution >= 4 is 27.3 Å². The number of carbonyl (C=O) groups is 1. The molecule has 1 aromatic heterocycles. The van der Waals surface area contributed by atoms with Gasteiger partial charge in [0, 0.05) is 25.0 Å². The van der Waals surface area contributed by atoms with E-state index in [9.17, 15) is 13.2 Å². The van der Waals surface area contributed by atoms with Gasteiger partial charge in [0.2, 0.25) is 15.9 Å². The van der Waals surface area contributed by atoms with Gasteiger partial charge in [-0.1, -0.05) is 31.7 Å². The maximum Gasteiger partial charge on any atom is 0.250 e. The molecule has 1 saturated heterocycles. The van der Waals surface area contributed by atoms with Crippen LogP contribution in [0.3, 0.4) is 0 Å². The van der Waals surface area contributed by atoms with E-state index < -0.39 is 10.0 Å². The highest BCUT2D eigenvalue weighted by atomic mass is 32.2. The maximum absolute atomic E-state index is 12.3. The fourth-order valence-electron chi connectivity index (χ4n) is 3.43. The van der Waals surface area contributed by atoms with E-state index in [0.717, 1.165) is 12.8 Å². The van der Waals surface area contributed by atoms with Gasteiger partial charge >= 0.3 is 0 Å². The van der Waals surface area contributed by atoms with Crippen LogP contribution in [0, 0.1) is 0 Å². The molecule has 1 saturated carbocycles. The summed E-state index contributed by atoms with van der Waals surface area (Å²) in [6.07, 6.45) is 7.20. The van der Waals surface area contributed by atoms with Crippen LogP contribution in [-0.4, -0.2) is 37.9 Å². The van der Waals surface area contributed by atoms with Gasteiger partial charge in [0.25, 0.3) is 0 Å². The molecule has 2 heterocycles. The maximum atomic E-state index is 12.3. The number of rotatable bonds is 4. The minimum atomic E-state index is -3.50. The van der Waals surface area contributed by atoms with E-state index in [2.05, 4.69) is 4.72 Å². The molecule has 1 amide bonds. The first-order chi connectivity index (χ1) is 10.6. The Kier molecular flexibility index (Phi) is 4.84. The third-order valence-electron chi connectivity index (χ3n) is 4.51. The van der Waals surface area contributed by atoms with Crippen LogP contribution in [0.2, 0.25) is 0 Å². The van der Waals surface area contributed by atoms with E-state index in [4.69, 9.17) is 0 Å². The molecule has 1 N–H and O–H groups in total. The first-order valence-electron chi connectivity index (χ1n) is 7.91. The average molecular weight is 342 g/mol. The second-order valence-electron chi connectivity index (χ2n) is 6.15. The largest absolute Gasteiger partial charge is 0.338 e. The van der Waals surface area contributed by atoms with E-state index in [-0.39, 0.29) is 18.4 Å². The number of amides is 1.